The van der Waals surface area contributed by atoms with Gasteiger partial charge in [0, 0.05) is 5.69 Å². The van der Waals surface area contributed by atoms with E-state index < -0.39 is 0 Å². The Morgan fingerprint density at radius 1 is 1.00 bits per heavy atom. The van der Waals surface area contributed by atoms with E-state index in [9.17, 15) is 0 Å². The highest BCUT2D eigenvalue weighted by atomic mass is 35.5. The van der Waals surface area contributed by atoms with Gasteiger partial charge in [-0.15, -0.1) is 10.2 Å². The Bertz CT molecular complexity index is 881. The summed E-state index contributed by atoms with van der Waals surface area (Å²) >= 11 is 6.28. The smallest absolute Gasteiger partial charge is 0.228 e. The largest absolute Gasteiger partial charge is 0.436 e. The predicted molar refractivity (Wildman–Crippen MR) is 79.4 cm³/mol. The second kappa shape index (κ2) is 4.71. The van der Waals surface area contributed by atoms with Crippen molar-refractivity contribution in [3.63, 3.8) is 0 Å². The van der Waals surface area contributed by atoms with Crippen LogP contribution in [0.5, 0.6) is 0 Å². The lowest BCUT2D eigenvalue weighted by Gasteiger charge is -2.04. The molecule has 0 bridgehead atoms. The second-order valence-electron chi connectivity index (χ2n) is 4.52. The number of hydrogen-bond donors (Lipinski definition) is 0. The van der Waals surface area contributed by atoms with Crippen LogP contribution >= 0.6 is 11.6 Å². The van der Waals surface area contributed by atoms with Crippen molar-refractivity contribution >= 4 is 22.7 Å². The van der Waals surface area contributed by atoms with E-state index >= 15 is 0 Å². The van der Waals surface area contributed by atoms with Gasteiger partial charge in [-0.25, -0.2) is 4.98 Å². The fourth-order valence-corrected chi connectivity index (χ4v) is 2.36. The lowest BCUT2D eigenvalue weighted by molar-refractivity contribution is 0.620. The molecule has 0 N–H and O–H groups in total. The minimum atomic E-state index is 0.496. The molecule has 0 aliphatic rings. The first-order chi connectivity index (χ1) is 10.3. The normalized spacial score (nSPS) is 11.1. The van der Waals surface area contributed by atoms with Gasteiger partial charge in [0.2, 0.25) is 5.89 Å². The lowest BCUT2D eigenvalue weighted by Crippen LogP contribution is -1.91. The quantitative estimate of drug-likeness (QED) is 0.565. The lowest BCUT2D eigenvalue weighted by atomic mass is 10.2. The fraction of sp³-hybridized carbons (Fsp3) is 0. The molecular formula is C15H9ClN4O. The molecule has 2 aromatic heterocycles. The van der Waals surface area contributed by atoms with Crippen LogP contribution < -0.4 is 0 Å². The van der Waals surface area contributed by atoms with Crippen molar-refractivity contribution in [2.24, 2.45) is 0 Å². The SMILES string of the molecule is Clc1ccc(-n2cnnc2)cc1-c1nc2ccccc2o1. The molecule has 2 heterocycles. The molecule has 0 aliphatic carbocycles. The zero-order valence-electron chi connectivity index (χ0n) is 10.8. The Kier molecular flexibility index (Phi) is 2.72. The molecule has 4 rings (SSSR count). The highest BCUT2D eigenvalue weighted by molar-refractivity contribution is 6.33. The highest BCUT2D eigenvalue weighted by Gasteiger charge is 2.12. The van der Waals surface area contributed by atoms with E-state index in [4.69, 9.17) is 16.0 Å². The van der Waals surface area contributed by atoms with Gasteiger partial charge in [0.1, 0.15) is 18.2 Å². The number of aromatic nitrogens is 4. The van der Waals surface area contributed by atoms with Crippen LogP contribution in [0.4, 0.5) is 0 Å². The van der Waals surface area contributed by atoms with E-state index in [0.29, 0.717) is 10.9 Å². The minimum Gasteiger partial charge on any atom is -0.436 e. The summed E-state index contributed by atoms with van der Waals surface area (Å²) in [5.41, 5.74) is 3.16. The Labute approximate surface area is 124 Å². The summed E-state index contributed by atoms with van der Waals surface area (Å²) in [5, 5.41) is 8.18. The molecule has 4 aromatic rings. The van der Waals surface area contributed by atoms with Crippen LogP contribution in [0.15, 0.2) is 59.5 Å². The number of fused-ring (bicyclic) bond motifs is 1. The van der Waals surface area contributed by atoms with Gasteiger partial charge in [-0.2, -0.15) is 0 Å². The first kappa shape index (κ1) is 12.1. The van der Waals surface area contributed by atoms with Crippen molar-refractivity contribution in [2.75, 3.05) is 0 Å². The standard InChI is InChI=1S/C15H9ClN4O/c16-12-6-5-10(20-8-17-18-9-20)7-11(12)15-19-13-3-1-2-4-14(13)21-15/h1-9H. The van der Waals surface area contributed by atoms with Crippen LogP contribution in [-0.2, 0) is 0 Å². The van der Waals surface area contributed by atoms with Crippen LogP contribution in [0.3, 0.4) is 0 Å². The molecule has 21 heavy (non-hydrogen) atoms. The first-order valence-corrected chi connectivity index (χ1v) is 6.69. The topological polar surface area (TPSA) is 56.7 Å². The Morgan fingerprint density at radius 2 is 1.81 bits per heavy atom. The molecule has 6 heteroatoms. The highest BCUT2D eigenvalue weighted by Crippen LogP contribution is 2.31. The molecule has 0 saturated heterocycles. The van der Waals surface area contributed by atoms with Crippen LogP contribution in [0, 0.1) is 0 Å². The molecule has 0 spiro atoms. The van der Waals surface area contributed by atoms with Gasteiger partial charge >= 0.3 is 0 Å². The van der Waals surface area contributed by atoms with E-state index in [1.807, 2.05) is 36.4 Å². The van der Waals surface area contributed by atoms with Gasteiger partial charge in [-0.05, 0) is 30.3 Å². The van der Waals surface area contributed by atoms with E-state index in [-0.39, 0.29) is 0 Å². The number of hydrogen-bond acceptors (Lipinski definition) is 4. The van der Waals surface area contributed by atoms with Crippen LogP contribution in [0.1, 0.15) is 0 Å². The molecule has 5 nitrogen and oxygen atoms in total. The summed E-state index contributed by atoms with van der Waals surface area (Å²) in [4.78, 5) is 4.47. The molecule has 0 unspecified atom stereocenters. The van der Waals surface area contributed by atoms with E-state index in [1.54, 1.807) is 23.3 Å². The fourth-order valence-electron chi connectivity index (χ4n) is 2.16. The van der Waals surface area contributed by atoms with Crippen LogP contribution in [0.2, 0.25) is 5.02 Å². The first-order valence-electron chi connectivity index (χ1n) is 6.32. The third kappa shape index (κ3) is 2.08. The summed E-state index contributed by atoms with van der Waals surface area (Å²) in [6, 6.07) is 13.2. The molecule has 0 aliphatic heterocycles. The third-order valence-corrected chi connectivity index (χ3v) is 3.52. The monoisotopic (exact) mass is 296 g/mol. The predicted octanol–water partition coefficient (Wildman–Crippen LogP) is 3.73. The molecule has 0 radical (unpaired) electrons. The van der Waals surface area contributed by atoms with E-state index in [2.05, 4.69) is 15.2 Å². The van der Waals surface area contributed by atoms with E-state index in [0.717, 1.165) is 22.4 Å². The number of nitrogens with zero attached hydrogens (tertiary/aromatic N) is 4. The molecule has 0 amide bonds. The number of benzene rings is 2. The molecule has 102 valence electrons. The Balaban J connectivity index is 1.89. The third-order valence-electron chi connectivity index (χ3n) is 3.19. The number of halogens is 1. The van der Waals surface area contributed by atoms with Crippen LogP contribution in [-0.4, -0.2) is 19.7 Å². The maximum Gasteiger partial charge on any atom is 0.228 e. The average molecular weight is 297 g/mol. The number of rotatable bonds is 2. The van der Waals surface area contributed by atoms with Gasteiger partial charge in [-0.1, -0.05) is 23.7 Å². The average Bonchev–Trinajstić information content (AvgIpc) is 3.17. The molecule has 0 atom stereocenters. The molecule has 0 saturated carbocycles. The van der Waals surface area contributed by atoms with Crippen molar-refractivity contribution in [1.82, 2.24) is 19.7 Å². The van der Waals surface area contributed by atoms with Crippen molar-refractivity contribution in [1.29, 1.82) is 0 Å². The molecule has 0 fully saturated rings. The van der Waals surface area contributed by atoms with Crippen molar-refractivity contribution in [3.8, 4) is 17.1 Å². The summed E-state index contributed by atoms with van der Waals surface area (Å²) in [6.45, 7) is 0. The van der Waals surface area contributed by atoms with E-state index in [1.165, 1.54) is 0 Å². The van der Waals surface area contributed by atoms with Gasteiger partial charge in [0.05, 0.1) is 10.6 Å². The summed E-state index contributed by atoms with van der Waals surface area (Å²) < 4.78 is 7.57. The molecular weight excluding hydrogens is 288 g/mol. The zero-order valence-corrected chi connectivity index (χ0v) is 11.5. The molecule has 2 aromatic carbocycles. The summed E-state index contributed by atoms with van der Waals surface area (Å²) in [7, 11) is 0. The minimum absolute atomic E-state index is 0.496. The maximum atomic E-state index is 6.28. The second-order valence-corrected chi connectivity index (χ2v) is 4.93. The maximum absolute atomic E-state index is 6.28. The van der Waals surface area contributed by atoms with Gasteiger partial charge < -0.3 is 4.42 Å². The Morgan fingerprint density at radius 3 is 2.62 bits per heavy atom. The van der Waals surface area contributed by atoms with Crippen LogP contribution in [0.25, 0.3) is 28.2 Å². The number of para-hydroxylation sites is 2. The van der Waals surface area contributed by atoms with Gasteiger partial charge in [-0.3, -0.25) is 4.57 Å². The number of oxazole rings is 1. The van der Waals surface area contributed by atoms with Crippen molar-refractivity contribution < 1.29 is 4.42 Å². The van der Waals surface area contributed by atoms with Crippen molar-refractivity contribution in [3.05, 3.63) is 60.1 Å². The van der Waals surface area contributed by atoms with Gasteiger partial charge in [0.15, 0.2) is 5.58 Å². The summed E-state index contributed by atoms with van der Waals surface area (Å²) in [5.74, 6) is 0.496. The Hall–Kier alpha value is -2.66. The summed E-state index contributed by atoms with van der Waals surface area (Å²) in [6.07, 6.45) is 3.25. The van der Waals surface area contributed by atoms with Gasteiger partial charge in [0.25, 0.3) is 0 Å². The van der Waals surface area contributed by atoms with Crippen molar-refractivity contribution in [2.45, 2.75) is 0 Å². The zero-order chi connectivity index (χ0) is 14.2.